The summed E-state index contributed by atoms with van der Waals surface area (Å²) in [6.45, 7) is 0. The summed E-state index contributed by atoms with van der Waals surface area (Å²) in [6.07, 6.45) is 7.86. The van der Waals surface area contributed by atoms with Crippen LogP contribution in [-0.4, -0.2) is 20.4 Å². The van der Waals surface area contributed by atoms with E-state index < -0.39 is 0 Å². The highest BCUT2D eigenvalue weighted by Gasteiger charge is 2.18. The fourth-order valence-corrected chi connectivity index (χ4v) is 3.78. The van der Waals surface area contributed by atoms with Crippen LogP contribution in [0.15, 0.2) is 29.0 Å². The summed E-state index contributed by atoms with van der Waals surface area (Å²) >= 11 is 5.60. The second kappa shape index (κ2) is 4.41. The molecule has 1 aliphatic heterocycles. The Bertz CT molecular complexity index is 503. The molecule has 0 saturated carbocycles. The standard InChI is InChI=1S/C12H13BrN2S/c13-9-3-4-10-7-14-12(15(10)8-9)6-11-2-1-5-16-11/h3-4,7-8,11H,1-2,5-6H2. The summed E-state index contributed by atoms with van der Waals surface area (Å²) in [5, 5.41) is 0.768. The van der Waals surface area contributed by atoms with Crippen molar-refractivity contribution in [3.8, 4) is 0 Å². The molecule has 4 heteroatoms. The second-order valence-corrected chi connectivity index (χ2v) is 6.48. The van der Waals surface area contributed by atoms with Crippen molar-refractivity contribution in [3.63, 3.8) is 0 Å². The van der Waals surface area contributed by atoms with E-state index in [0.29, 0.717) is 0 Å². The number of halogens is 1. The van der Waals surface area contributed by atoms with Gasteiger partial charge in [-0.1, -0.05) is 0 Å². The van der Waals surface area contributed by atoms with Crippen LogP contribution in [0, 0.1) is 0 Å². The zero-order valence-corrected chi connectivity index (χ0v) is 11.3. The molecule has 3 rings (SSSR count). The number of aromatic nitrogens is 2. The van der Waals surface area contributed by atoms with Gasteiger partial charge < -0.3 is 4.40 Å². The fourth-order valence-electron chi connectivity index (χ4n) is 2.18. The molecular weight excluding hydrogens is 284 g/mol. The lowest BCUT2D eigenvalue weighted by Gasteiger charge is -2.07. The quantitative estimate of drug-likeness (QED) is 0.843. The van der Waals surface area contributed by atoms with Crippen molar-refractivity contribution in [2.24, 2.45) is 0 Å². The lowest BCUT2D eigenvalue weighted by Crippen LogP contribution is -2.05. The normalized spacial score (nSPS) is 20.7. The molecule has 16 heavy (non-hydrogen) atoms. The van der Waals surface area contributed by atoms with Crippen molar-refractivity contribution >= 4 is 33.2 Å². The SMILES string of the molecule is Brc1ccc2cnc(CC3CCCS3)n2c1. The highest BCUT2D eigenvalue weighted by molar-refractivity contribution is 9.10. The summed E-state index contributed by atoms with van der Waals surface area (Å²) in [7, 11) is 0. The zero-order chi connectivity index (χ0) is 11.0. The van der Waals surface area contributed by atoms with Crippen molar-refractivity contribution in [3.05, 3.63) is 34.8 Å². The molecule has 0 aliphatic carbocycles. The molecule has 2 aromatic rings. The number of thioether (sulfide) groups is 1. The fraction of sp³-hybridized carbons (Fsp3) is 0.417. The Morgan fingerprint density at radius 2 is 2.44 bits per heavy atom. The zero-order valence-electron chi connectivity index (χ0n) is 8.90. The van der Waals surface area contributed by atoms with Crippen LogP contribution < -0.4 is 0 Å². The van der Waals surface area contributed by atoms with Crippen LogP contribution in [0.25, 0.3) is 5.52 Å². The average molecular weight is 297 g/mol. The van der Waals surface area contributed by atoms with Gasteiger partial charge in [-0.2, -0.15) is 11.8 Å². The van der Waals surface area contributed by atoms with E-state index in [1.165, 1.54) is 29.9 Å². The number of hydrogen-bond acceptors (Lipinski definition) is 2. The third kappa shape index (κ3) is 2.00. The number of nitrogens with zero attached hydrogens (tertiary/aromatic N) is 2. The van der Waals surface area contributed by atoms with Crippen LogP contribution >= 0.6 is 27.7 Å². The van der Waals surface area contributed by atoms with E-state index in [1.807, 2.05) is 6.20 Å². The molecule has 1 saturated heterocycles. The van der Waals surface area contributed by atoms with Gasteiger partial charge in [0.25, 0.3) is 0 Å². The topological polar surface area (TPSA) is 17.3 Å². The smallest absolute Gasteiger partial charge is 0.114 e. The van der Waals surface area contributed by atoms with Gasteiger partial charge >= 0.3 is 0 Å². The maximum Gasteiger partial charge on any atom is 0.114 e. The molecule has 1 atom stereocenters. The molecule has 0 radical (unpaired) electrons. The minimum absolute atomic E-state index is 0.768. The largest absolute Gasteiger partial charge is 0.303 e. The molecule has 2 nitrogen and oxygen atoms in total. The Labute approximate surface area is 108 Å². The van der Waals surface area contributed by atoms with Crippen molar-refractivity contribution in [1.29, 1.82) is 0 Å². The lowest BCUT2D eigenvalue weighted by atomic mass is 10.2. The van der Waals surface area contributed by atoms with Crippen LogP contribution in [0.4, 0.5) is 0 Å². The highest BCUT2D eigenvalue weighted by atomic mass is 79.9. The Balaban J connectivity index is 1.93. The minimum Gasteiger partial charge on any atom is -0.303 e. The molecule has 1 fully saturated rings. The molecular formula is C12H13BrN2S. The summed E-state index contributed by atoms with van der Waals surface area (Å²) < 4.78 is 3.31. The minimum atomic E-state index is 0.768. The second-order valence-electron chi connectivity index (χ2n) is 4.16. The maximum absolute atomic E-state index is 4.53. The predicted octanol–water partition coefficient (Wildman–Crippen LogP) is 3.53. The molecule has 0 amide bonds. The number of hydrogen-bond donors (Lipinski definition) is 0. The monoisotopic (exact) mass is 296 g/mol. The molecule has 3 heterocycles. The first-order valence-electron chi connectivity index (χ1n) is 5.56. The van der Waals surface area contributed by atoms with E-state index >= 15 is 0 Å². The predicted molar refractivity (Wildman–Crippen MR) is 72.1 cm³/mol. The summed E-state index contributed by atoms with van der Waals surface area (Å²) in [6, 6.07) is 4.16. The number of imidazole rings is 1. The summed E-state index contributed by atoms with van der Waals surface area (Å²) in [5.74, 6) is 2.51. The summed E-state index contributed by atoms with van der Waals surface area (Å²) in [4.78, 5) is 4.53. The highest BCUT2D eigenvalue weighted by Crippen LogP contribution is 2.29. The molecule has 84 valence electrons. The van der Waals surface area contributed by atoms with Crippen molar-refractivity contribution in [1.82, 2.24) is 9.38 Å². The third-order valence-corrected chi connectivity index (χ3v) is 4.87. The van der Waals surface area contributed by atoms with E-state index in [4.69, 9.17) is 0 Å². The Morgan fingerprint density at radius 1 is 1.50 bits per heavy atom. The molecule has 0 N–H and O–H groups in total. The van der Waals surface area contributed by atoms with E-state index in [1.54, 1.807) is 0 Å². The first kappa shape index (κ1) is 10.7. The van der Waals surface area contributed by atoms with Crippen molar-refractivity contribution in [2.45, 2.75) is 24.5 Å². The Morgan fingerprint density at radius 3 is 3.25 bits per heavy atom. The van der Waals surface area contributed by atoms with Gasteiger partial charge in [-0.3, -0.25) is 0 Å². The van der Waals surface area contributed by atoms with E-state index in [-0.39, 0.29) is 0 Å². The molecule has 0 aromatic carbocycles. The van der Waals surface area contributed by atoms with Gasteiger partial charge in [0.1, 0.15) is 5.82 Å². The first-order valence-corrected chi connectivity index (χ1v) is 7.40. The lowest BCUT2D eigenvalue weighted by molar-refractivity contribution is 0.743. The van der Waals surface area contributed by atoms with Gasteiger partial charge in [-0.15, -0.1) is 0 Å². The van der Waals surface area contributed by atoms with Crippen molar-refractivity contribution < 1.29 is 0 Å². The van der Waals surface area contributed by atoms with Gasteiger partial charge in [0.15, 0.2) is 0 Å². The first-order chi connectivity index (χ1) is 7.83. The average Bonchev–Trinajstić information content (AvgIpc) is 2.90. The van der Waals surface area contributed by atoms with Gasteiger partial charge in [-0.25, -0.2) is 4.98 Å². The van der Waals surface area contributed by atoms with Crippen LogP contribution in [0.2, 0.25) is 0 Å². The molecule has 1 unspecified atom stereocenters. The van der Waals surface area contributed by atoms with Crippen molar-refractivity contribution in [2.75, 3.05) is 5.75 Å². The van der Waals surface area contributed by atoms with E-state index in [9.17, 15) is 0 Å². The summed E-state index contributed by atoms with van der Waals surface area (Å²) in [5.41, 5.74) is 1.18. The van der Waals surface area contributed by atoms with Crippen LogP contribution in [0.5, 0.6) is 0 Å². The number of fused-ring (bicyclic) bond motifs is 1. The molecule has 0 spiro atoms. The number of pyridine rings is 1. The van der Waals surface area contributed by atoms with Gasteiger partial charge in [0, 0.05) is 22.3 Å². The van der Waals surface area contributed by atoms with E-state index in [2.05, 4.69) is 55.4 Å². The molecule has 0 bridgehead atoms. The van der Waals surface area contributed by atoms with Gasteiger partial charge in [-0.05, 0) is 46.7 Å². The molecule has 2 aromatic heterocycles. The molecule has 1 aliphatic rings. The van der Waals surface area contributed by atoms with Gasteiger partial charge in [0.05, 0.1) is 11.7 Å². The van der Waals surface area contributed by atoms with Crippen LogP contribution in [-0.2, 0) is 6.42 Å². The van der Waals surface area contributed by atoms with Crippen LogP contribution in [0.3, 0.4) is 0 Å². The maximum atomic E-state index is 4.53. The van der Waals surface area contributed by atoms with E-state index in [0.717, 1.165) is 16.1 Å². The Kier molecular flexibility index (Phi) is 2.94. The van der Waals surface area contributed by atoms with Gasteiger partial charge in [0.2, 0.25) is 0 Å². The van der Waals surface area contributed by atoms with Crippen LogP contribution in [0.1, 0.15) is 18.7 Å². The number of rotatable bonds is 2. The Hall–Kier alpha value is -0.480. The third-order valence-electron chi connectivity index (χ3n) is 3.00.